The number of thioether (sulfide) groups is 3. The molecule has 0 heterocycles. The van der Waals surface area contributed by atoms with Crippen LogP contribution in [0.3, 0.4) is 0 Å². The standard InChI is InChI=1S/2C8H17.3C6H10O4S.2Sn/c2*1-3-5-7-8-6-4-2;3*7-5(8)1-3-11-4-2-6(9)10;;/h2*1,3-8H2,2H3;3*1-4H2,(H,7,8)(H,9,10);;/q;;;;;2*+3/p-6. The first-order chi connectivity index (χ1) is 24.2. The first kappa shape index (κ1) is 59.7. The van der Waals surface area contributed by atoms with Gasteiger partial charge in [0.25, 0.3) is 0 Å². The zero-order valence-corrected chi connectivity index (χ0v) is 38.7. The number of hydrogen-bond donors (Lipinski definition) is 0. The van der Waals surface area contributed by atoms with Gasteiger partial charge >= 0.3 is 145 Å². The fourth-order valence-electron chi connectivity index (χ4n) is 3.05. The normalized spacial score (nSPS) is 9.69. The summed E-state index contributed by atoms with van der Waals surface area (Å²) in [5.74, 6) is -4.24. The summed E-state index contributed by atoms with van der Waals surface area (Å²) in [6.07, 6.45) is 17.2. The van der Waals surface area contributed by atoms with E-state index >= 15 is 0 Å². The molecule has 12 nitrogen and oxygen atoms in total. The Morgan fingerprint density at radius 2 is 0.529 bits per heavy atom. The third kappa shape index (κ3) is 88.6. The molecular weight excluding hydrogens is 934 g/mol. The summed E-state index contributed by atoms with van der Waals surface area (Å²) in [6.45, 7) is 4.54. The van der Waals surface area contributed by atoms with Gasteiger partial charge in [-0.3, -0.25) is 0 Å². The molecule has 0 rings (SSSR count). The Morgan fingerprint density at radius 3 is 0.686 bits per heavy atom. The number of carbonyl (C=O) groups is 6. The Labute approximate surface area is 345 Å². The summed E-state index contributed by atoms with van der Waals surface area (Å²) in [5.41, 5.74) is 0. The molecule has 0 radical (unpaired) electrons. The monoisotopic (exact) mass is 994 g/mol. The molecule has 0 fully saturated rings. The molecule has 0 aromatic heterocycles. The van der Waals surface area contributed by atoms with Crippen LogP contribution in [0, 0.1) is 0 Å². The van der Waals surface area contributed by atoms with Gasteiger partial charge in [0.2, 0.25) is 0 Å². The minimum absolute atomic E-state index is 0.0300. The Hall–Kier alpha value is -0.533. The van der Waals surface area contributed by atoms with Gasteiger partial charge in [0.1, 0.15) is 0 Å². The van der Waals surface area contributed by atoms with Crippen molar-refractivity contribution < 1.29 is 59.4 Å². The molecule has 17 heteroatoms. The molecule has 0 saturated heterocycles. The molecule has 0 aromatic rings. The van der Waals surface area contributed by atoms with Crippen molar-refractivity contribution in [2.75, 3.05) is 34.5 Å². The first-order valence-corrected chi connectivity index (χ1v) is 24.9. The Kier molecular flexibility index (Phi) is 63.0. The van der Waals surface area contributed by atoms with E-state index in [-0.39, 0.29) is 38.5 Å². The predicted molar refractivity (Wildman–Crippen MR) is 198 cm³/mol. The second kappa shape index (κ2) is 53.8. The number of carboxylic acids is 6. The fraction of sp³-hybridized carbons (Fsp3) is 0.824. The van der Waals surface area contributed by atoms with Gasteiger partial charge in [-0.2, -0.15) is 35.3 Å². The minimum atomic E-state index is -1.11. The molecular formula is C34H58O12S3Sn2. The van der Waals surface area contributed by atoms with Gasteiger partial charge in [0.05, 0.1) is 0 Å². The van der Waals surface area contributed by atoms with Crippen LogP contribution >= 0.6 is 35.3 Å². The van der Waals surface area contributed by atoms with Gasteiger partial charge < -0.3 is 59.4 Å². The van der Waals surface area contributed by atoms with Crippen LogP contribution in [0.15, 0.2) is 0 Å². The van der Waals surface area contributed by atoms with E-state index < -0.39 is 35.8 Å². The molecule has 0 spiro atoms. The summed E-state index contributed by atoms with van der Waals surface area (Å²) in [4.78, 5) is 59.1. The van der Waals surface area contributed by atoms with Crippen molar-refractivity contribution in [2.45, 2.75) is 138 Å². The Morgan fingerprint density at radius 1 is 0.353 bits per heavy atom. The first-order valence-electron chi connectivity index (χ1n) is 17.4. The number of rotatable bonds is 30. The zero-order valence-electron chi connectivity index (χ0n) is 30.5. The second-order valence-electron chi connectivity index (χ2n) is 10.6. The number of hydrogen-bond acceptors (Lipinski definition) is 15. The smallest absolute Gasteiger partial charge is 0.0422 e. The Balaban J connectivity index is -0.000000173. The van der Waals surface area contributed by atoms with Crippen molar-refractivity contribution in [1.29, 1.82) is 0 Å². The second-order valence-corrected chi connectivity index (χ2v) is 17.1. The molecule has 292 valence electrons. The third-order valence-electron chi connectivity index (χ3n) is 5.76. The summed E-state index contributed by atoms with van der Waals surface area (Å²) >= 11 is 7.22. The van der Waals surface area contributed by atoms with E-state index in [0.717, 1.165) is 0 Å². The quantitative estimate of drug-likeness (QED) is 0.0673. The van der Waals surface area contributed by atoms with Gasteiger partial charge in [0, 0.05) is 35.8 Å². The van der Waals surface area contributed by atoms with Gasteiger partial charge in [-0.25, -0.2) is 0 Å². The van der Waals surface area contributed by atoms with Crippen molar-refractivity contribution in [1.82, 2.24) is 0 Å². The van der Waals surface area contributed by atoms with Gasteiger partial charge in [0.15, 0.2) is 0 Å². The van der Waals surface area contributed by atoms with Crippen LogP contribution < -0.4 is 30.6 Å². The maximum absolute atomic E-state index is 9.84. The third-order valence-corrected chi connectivity index (χ3v) is 10.7. The largest absolute Gasteiger partial charge is 0.550 e. The molecule has 51 heavy (non-hydrogen) atoms. The van der Waals surface area contributed by atoms with Crippen LogP contribution in [0.4, 0.5) is 0 Å². The number of carboxylic acid groups (broad SMARTS) is 6. The minimum Gasteiger partial charge on any atom is -0.550 e. The molecule has 0 aliphatic heterocycles. The van der Waals surface area contributed by atoms with Crippen molar-refractivity contribution in [2.24, 2.45) is 0 Å². The van der Waals surface area contributed by atoms with Crippen molar-refractivity contribution >= 4 is 116 Å². The van der Waals surface area contributed by atoms with Crippen LogP contribution in [0.5, 0.6) is 0 Å². The summed E-state index contributed by atoms with van der Waals surface area (Å²) in [6, 6.07) is 0. The van der Waals surface area contributed by atoms with E-state index in [2.05, 4.69) is 13.8 Å². The van der Waals surface area contributed by atoms with E-state index in [9.17, 15) is 59.4 Å². The van der Waals surface area contributed by atoms with Crippen LogP contribution in [0.1, 0.15) is 129 Å². The molecule has 0 aliphatic rings. The van der Waals surface area contributed by atoms with Gasteiger partial charge in [-0.15, -0.1) is 0 Å². The maximum Gasteiger partial charge on any atom is 0.0422 e. The average molecular weight is 992 g/mol. The molecule has 0 saturated carbocycles. The maximum atomic E-state index is 9.84. The molecule has 0 aliphatic carbocycles. The number of aliphatic carboxylic acids is 6. The fourth-order valence-corrected chi connectivity index (χ4v) is 6.96. The van der Waals surface area contributed by atoms with E-state index in [4.69, 9.17) is 0 Å². The number of unbranched alkanes of at least 4 members (excludes halogenated alkanes) is 10. The Bertz CT molecular complexity index is 671. The van der Waals surface area contributed by atoms with Crippen LogP contribution in [0.2, 0.25) is 8.87 Å². The average Bonchev–Trinajstić information content (AvgIpc) is 3.04. The van der Waals surface area contributed by atoms with Crippen LogP contribution in [0.25, 0.3) is 0 Å². The van der Waals surface area contributed by atoms with Crippen LogP contribution in [-0.2, 0) is 28.8 Å². The molecule has 0 amide bonds. The van der Waals surface area contributed by atoms with Crippen molar-refractivity contribution in [3.63, 3.8) is 0 Å². The molecule has 0 aromatic carbocycles. The predicted octanol–water partition coefficient (Wildman–Crippen LogP) is -0.134. The van der Waals surface area contributed by atoms with E-state index in [0.29, 0.717) is 34.5 Å². The zero-order chi connectivity index (χ0) is 40.0. The molecule has 0 N–H and O–H groups in total. The summed E-state index contributed by atoms with van der Waals surface area (Å²) < 4.78 is 2.91. The molecule has 0 unspecified atom stereocenters. The van der Waals surface area contributed by atoms with Gasteiger partial charge in [-0.1, -0.05) is 0 Å². The summed E-state index contributed by atoms with van der Waals surface area (Å²) in [5, 5.41) is 59.1. The molecule has 0 atom stereocenters. The molecule has 0 bridgehead atoms. The SMILES string of the molecule is CCCCCCC[CH2][Sn+3].CCCCCCC[CH2][Sn+3].O=C([O-])CCSCCC(=O)[O-].O=C([O-])CCSCCC(=O)[O-].O=C([O-])CCSCCC(=O)[O-]. The van der Waals surface area contributed by atoms with Gasteiger partial charge in [-0.05, 0) is 73.0 Å². The van der Waals surface area contributed by atoms with E-state index in [1.807, 2.05) is 0 Å². The van der Waals surface area contributed by atoms with Crippen molar-refractivity contribution in [3.05, 3.63) is 0 Å². The van der Waals surface area contributed by atoms with Crippen LogP contribution in [-0.4, -0.2) is 115 Å². The van der Waals surface area contributed by atoms with E-state index in [1.165, 1.54) is 121 Å². The van der Waals surface area contributed by atoms with Crippen molar-refractivity contribution in [3.8, 4) is 0 Å². The topological polar surface area (TPSA) is 241 Å². The number of carbonyl (C=O) groups excluding carboxylic acids is 6. The van der Waals surface area contributed by atoms with E-state index in [1.54, 1.807) is 45.0 Å². The summed E-state index contributed by atoms with van der Waals surface area (Å²) in [7, 11) is 0.